The SMILES string of the molecule is COc1cccc(C2CN(Cc3sccc3C)CC2CN(CC(C)C)C(=O)c2ccccc2)c1. The summed E-state index contributed by atoms with van der Waals surface area (Å²) in [6.07, 6.45) is 0. The second kappa shape index (κ2) is 11.2. The number of hydrogen-bond acceptors (Lipinski definition) is 4. The van der Waals surface area contributed by atoms with Crippen LogP contribution < -0.4 is 4.74 Å². The first-order chi connectivity index (χ1) is 16.4. The molecular weight excluding hydrogens is 440 g/mol. The van der Waals surface area contributed by atoms with Crippen molar-refractivity contribution < 1.29 is 9.53 Å². The Balaban J connectivity index is 1.60. The smallest absolute Gasteiger partial charge is 0.253 e. The van der Waals surface area contributed by atoms with Crippen LogP contribution in [0, 0.1) is 18.8 Å². The molecule has 5 heteroatoms. The van der Waals surface area contributed by atoms with E-state index in [1.54, 1.807) is 7.11 Å². The van der Waals surface area contributed by atoms with Crippen LogP contribution in [0.1, 0.15) is 46.1 Å². The van der Waals surface area contributed by atoms with E-state index >= 15 is 0 Å². The lowest BCUT2D eigenvalue weighted by molar-refractivity contribution is 0.0703. The third-order valence-electron chi connectivity index (χ3n) is 6.72. The van der Waals surface area contributed by atoms with Crippen molar-refractivity contribution in [3.63, 3.8) is 0 Å². The van der Waals surface area contributed by atoms with Crippen LogP contribution in [0.2, 0.25) is 0 Å². The summed E-state index contributed by atoms with van der Waals surface area (Å²) in [4.78, 5) is 19.6. The summed E-state index contributed by atoms with van der Waals surface area (Å²) in [5.41, 5.74) is 3.43. The minimum atomic E-state index is 0.131. The Morgan fingerprint density at radius 2 is 1.91 bits per heavy atom. The number of thiophene rings is 1. The summed E-state index contributed by atoms with van der Waals surface area (Å²) in [6, 6.07) is 20.4. The molecule has 1 aromatic heterocycles. The van der Waals surface area contributed by atoms with E-state index in [-0.39, 0.29) is 5.91 Å². The highest BCUT2D eigenvalue weighted by Crippen LogP contribution is 2.36. The largest absolute Gasteiger partial charge is 0.497 e. The average Bonchev–Trinajstić information content (AvgIpc) is 3.44. The Hall–Kier alpha value is -2.63. The van der Waals surface area contributed by atoms with Gasteiger partial charge in [0.25, 0.3) is 5.91 Å². The van der Waals surface area contributed by atoms with Crippen LogP contribution in [0.3, 0.4) is 0 Å². The van der Waals surface area contributed by atoms with Crippen molar-refractivity contribution in [2.75, 3.05) is 33.3 Å². The van der Waals surface area contributed by atoms with Gasteiger partial charge in [-0.1, -0.05) is 44.2 Å². The monoisotopic (exact) mass is 476 g/mol. The van der Waals surface area contributed by atoms with E-state index in [0.29, 0.717) is 17.8 Å². The molecule has 0 N–H and O–H groups in total. The van der Waals surface area contributed by atoms with Crippen LogP contribution in [0.5, 0.6) is 5.75 Å². The van der Waals surface area contributed by atoms with Crippen molar-refractivity contribution in [1.82, 2.24) is 9.80 Å². The van der Waals surface area contributed by atoms with Gasteiger partial charge in [0.1, 0.15) is 5.75 Å². The van der Waals surface area contributed by atoms with Crippen LogP contribution in [0.25, 0.3) is 0 Å². The van der Waals surface area contributed by atoms with Crippen LogP contribution in [0.15, 0.2) is 66.0 Å². The standard InChI is InChI=1S/C29H36N2O2S/c1-21(2)16-31(29(32)23-9-6-5-7-10-23)18-25-17-30(20-28-22(3)13-14-34-28)19-27(25)24-11-8-12-26(15-24)33-4/h5-15,21,25,27H,16-20H2,1-4H3. The van der Waals surface area contributed by atoms with Crippen LogP contribution in [0.4, 0.5) is 0 Å². The summed E-state index contributed by atoms with van der Waals surface area (Å²) in [5.74, 6) is 2.15. The molecule has 1 aliphatic rings. The molecule has 34 heavy (non-hydrogen) atoms. The second-order valence-electron chi connectivity index (χ2n) is 9.83. The number of amides is 1. The summed E-state index contributed by atoms with van der Waals surface area (Å²) >= 11 is 1.84. The number of carbonyl (C=O) groups is 1. The molecule has 2 heterocycles. The number of rotatable bonds is 9. The first-order valence-electron chi connectivity index (χ1n) is 12.2. The van der Waals surface area contributed by atoms with Gasteiger partial charge < -0.3 is 9.64 Å². The van der Waals surface area contributed by atoms with Crippen molar-refractivity contribution >= 4 is 17.2 Å². The van der Waals surface area contributed by atoms with Gasteiger partial charge in [-0.15, -0.1) is 11.3 Å². The molecule has 0 radical (unpaired) electrons. The fourth-order valence-electron chi connectivity index (χ4n) is 5.02. The van der Waals surface area contributed by atoms with E-state index in [1.165, 1.54) is 16.0 Å². The lowest BCUT2D eigenvalue weighted by atomic mass is 9.88. The molecule has 3 aromatic rings. The lowest BCUT2D eigenvalue weighted by Crippen LogP contribution is -2.39. The summed E-state index contributed by atoms with van der Waals surface area (Å²) < 4.78 is 5.53. The highest BCUT2D eigenvalue weighted by molar-refractivity contribution is 7.10. The Kier molecular flexibility index (Phi) is 8.07. The molecule has 1 aliphatic heterocycles. The Morgan fingerprint density at radius 3 is 2.59 bits per heavy atom. The number of aryl methyl sites for hydroxylation is 1. The number of likely N-dealkylation sites (tertiary alicyclic amines) is 1. The Labute approximate surface area is 208 Å². The van der Waals surface area contributed by atoms with Crippen molar-refractivity contribution in [1.29, 1.82) is 0 Å². The highest BCUT2D eigenvalue weighted by Gasteiger charge is 2.36. The molecule has 4 nitrogen and oxygen atoms in total. The third kappa shape index (κ3) is 5.89. The van der Waals surface area contributed by atoms with Crippen LogP contribution in [-0.2, 0) is 6.54 Å². The highest BCUT2D eigenvalue weighted by atomic mass is 32.1. The number of benzene rings is 2. The predicted molar refractivity (Wildman–Crippen MR) is 141 cm³/mol. The zero-order valence-corrected chi connectivity index (χ0v) is 21.6. The Bertz CT molecular complexity index is 1080. The van der Waals surface area contributed by atoms with Crippen LogP contribution in [-0.4, -0.2) is 49.0 Å². The quantitative estimate of drug-likeness (QED) is 0.375. The van der Waals surface area contributed by atoms with Gasteiger partial charge >= 0.3 is 0 Å². The van der Waals surface area contributed by atoms with Gasteiger partial charge in [0.15, 0.2) is 0 Å². The molecule has 2 aromatic carbocycles. The van der Waals surface area contributed by atoms with Gasteiger partial charge in [0.2, 0.25) is 0 Å². The third-order valence-corrected chi connectivity index (χ3v) is 7.73. The number of ether oxygens (including phenoxy) is 1. The van der Waals surface area contributed by atoms with E-state index in [9.17, 15) is 4.79 Å². The first-order valence-corrected chi connectivity index (χ1v) is 13.1. The molecule has 2 atom stereocenters. The van der Waals surface area contributed by atoms with Gasteiger partial charge in [-0.25, -0.2) is 0 Å². The van der Waals surface area contributed by atoms with Gasteiger partial charge in [-0.3, -0.25) is 9.69 Å². The van der Waals surface area contributed by atoms with Crippen LogP contribution >= 0.6 is 11.3 Å². The fourth-order valence-corrected chi connectivity index (χ4v) is 5.97. The molecule has 1 saturated heterocycles. The summed E-state index contributed by atoms with van der Waals surface area (Å²) in [6.45, 7) is 11.0. The maximum absolute atomic E-state index is 13.5. The Morgan fingerprint density at radius 1 is 1.12 bits per heavy atom. The maximum Gasteiger partial charge on any atom is 0.253 e. The van der Waals surface area contributed by atoms with Gasteiger partial charge in [0, 0.05) is 49.1 Å². The van der Waals surface area contributed by atoms with E-state index in [4.69, 9.17) is 4.74 Å². The fraction of sp³-hybridized carbons (Fsp3) is 0.414. The van der Waals surface area contributed by atoms with E-state index < -0.39 is 0 Å². The lowest BCUT2D eigenvalue weighted by Gasteiger charge is -2.30. The minimum Gasteiger partial charge on any atom is -0.497 e. The maximum atomic E-state index is 13.5. The van der Waals surface area contributed by atoms with Gasteiger partial charge in [-0.2, -0.15) is 0 Å². The van der Waals surface area contributed by atoms with Gasteiger partial charge in [0.05, 0.1) is 7.11 Å². The minimum absolute atomic E-state index is 0.131. The molecular formula is C29H36N2O2S. The summed E-state index contributed by atoms with van der Waals surface area (Å²) in [7, 11) is 1.72. The number of methoxy groups -OCH3 is 1. The number of carbonyl (C=O) groups excluding carboxylic acids is 1. The molecule has 0 bridgehead atoms. The predicted octanol–water partition coefficient (Wildman–Crippen LogP) is 6.08. The van der Waals surface area contributed by atoms with Crippen molar-refractivity contribution in [3.05, 3.63) is 87.6 Å². The molecule has 1 fully saturated rings. The molecule has 0 saturated carbocycles. The molecule has 2 unspecified atom stereocenters. The zero-order chi connectivity index (χ0) is 24.1. The normalized spacial score (nSPS) is 18.4. The molecule has 0 spiro atoms. The first kappa shape index (κ1) is 24.5. The zero-order valence-electron chi connectivity index (χ0n) is 20.7. The molecule has 4 rings (SSSR count). The number of nitrogens with zero attached hydrogens (tertiary/aromatic N) is 2. The van der Waals surface area contributed by atoms with Crippen molar-refractivity contribution in [2.24, 2.45) is 11.8 Å². The van der Waals surface area contributed by atoms with Crippen molar-refractivity contribution in [3.8, 4) is 5.75 Å². The molecule has 0 aliphatic carbocycles. The second-order valence-corrected chi connectivity index (χ2v) is 10.8. The average molecular weight is 477 g/mol. The number of hydrogen-bond donors (Lipinski definition) is 0. The van der Waals surface area contributed by atoms with E-state index in [2.05, 4.69) is 60.2 Å². The topological polar surface area (TPSA) is 32.8 Å². The van der Waals surface area contributed by atoms with Gasteiger partial charge in [-0.05, 0) is 65.6 Å². The van der Waals surface area contributed by atoms with E-state index in [1.807, 2.05) is 47.7 Å². The molecule has 1 amide bonds. The van der Waals surface area contributed by atoms with Crippen molar-refractivity contribution in [2.45, 2.75) is 33.2 Å². The molecule has 180 valence electrons. The summed E-state index contributed by atoms with van der Waals surface area (Å²) in [5, 5.41) is 2.18. The van der Waals surface area contributed by atoms with E-state index in [0.717, 1.165) is 44.0 Å².